The van der Waals surface area contributed by atoms with Crippen molar-refractivity contribution in [3.8, 4) is 0 Å². The van der Waals surface area contributed by atoms with Crippen molar-refractivity contribution in [3.63, 3.8) is 0 Å². The highest BCUT2D eigenvalue weighted by Gasteiger charge is 2.33. The molecule has 2 amide bonds. The van der Waals surface area contributed by atoms with Gasteiger partial charge < -0.3 is 24.5 Å². The second-order valence-electron chi connectivity index (χ2n) is 7.02. The number of para-hydroxylation sites is 1. The average molecular weight is 453 g/mol. The quantitative estimate of drug-likeness (QED) is 0.481. The number of rotatable bonds is 8. The van der Waals surface area contributed by atoms with Crippen LogP contribution in [-0.2, 0) is 23.9 Å². The van der Waals surface area contributed by atoms with Crippen molar-refractivity contribution in [3.05, 3.63) is 59.2 Å². The number of esters is 2. The number of fused-ring (bicyclic) bond motifs is 1. The SMILES string of the molecule is CCCN1C(=O)C(=NOCC(=O)Nc2cc(C(=O)OC)cc(C(=O)OC)c2)c2ccccc21. The molecule has 3 rings (SSSR count). The van der Waals surface area contributed by atoms with Gasteiger partial charge in [-0.05, 0) is 30.7 Å². The number of carbonyl (C=O) groups is 4. The van der Waals surface area contributed by atoms with E-state index in [0.717, 1.165) is 12.1 Å². The third-order valence-corrected chi connectivity index (χ3v) is 4.76. The molecule has 1 heterocycles. The molecule has 1 N–H and O–H groups in total. The Labute approximate surface area is 190 Å². The van der Waals surface area contributed by atoms with E-state index in [-0.39, 0.29) is 28.4 Å². The van der Waals surface area contributed by atoms with Gasteiger partial charge in [0.1, 0.15) is 0 Å². The largest absolute Gasteiger partial charge is 0.465 e. The standard InChI is InChI=1S/C23H23N3O7/c1-4-9-26-18-8-6-5-7-17(18)20(21(26)28)25-33-13-19(27)24-16-11-14(22(29)31-2)10-15(12-16)23(30)32-3/h5-8,10-12H,4,9,13H2,1-3H3,(H,24,27). The molecule has 1 aliphatic rings. The maximum atomic E-state index is 12.7. The van der Waals surface area contributed by atoms with Crippen molar-refractivity contribution in [2.75, 3.05) is 37.6 Å². The number of hydrogen-bond acceptors (Lipinski definition) is 8. The molecule has 2 aromatic rings. The van der Waals surface area contributed by atoms with Crippen LogP contribution < -0.4 is 10.2 Å². The van der Waals surface area contributed by atoms with Gasteiger partial charge in [0.05, 0.1) is 31.0 Å². The van der Waals surface area contributed by atoms with Crippen molar-refractivity contribution in [2.45, 2.75) is 13.3 Å². The van der Waals surface area contributed by atoms with E-state index >= 15 is 0 Å². The number of amides is 2. The van der Waals surface area contributed by atoms with Gasteiger partial charge in [-0.25, -0.2) is 9.59 Å². The number of nitrogens with zero attached hydrogens (tertiary/aromatic N) is 2. The molecule has 10 nitrogen and oxygen atoms in total. The molecular formula is C23H23N3O7. The van der Waals surface area contributed by atoms with E-state index in [9.17, 15) is 19.2 Å². The third-order valence-electron chi connectivity index (χ3n) is 4.76. The minimum atomic E-state index is -0.686. The van der Waals surface area contributed by atoms with Crippen LogP contribution in [0.25, 0.3) is 0 Å². The summed E-state index contributed by atoms with van der Waals surface area (Å²) in [7, 11) is 2.39. The number of anilines is 2. The van der Waals surface area contributed by atoms with Gasteiger partial charge in [0.2, 0.25) is 0 Å². The number of carbonyl (C=O) groups excluding carboxylic acids is 4. The first-order valence-corrected chi connectivity index (χ1v) is 10.1. The van der Waals surface area contributed by atoms with Crippen molar-refractivity contribution in [1.82, 2.24) is 0 Å². The number of benzene rings is 2. The smallest absolute Gasteiger partial charge is 0.337 e. The molecule has 0 aromatic heterocycles. The van der Waals surface area contributed by atoms with Crippen molar-refractivity contribution < 1.29 is 33.5 Å². The van der Waals surface area contributed by atoms with Gasteiger partial charge in [0, 0.05) is 17.8 Å². The summed E-state index contributed by atoms with van der Waals surface area (Å²) in [5.74, 6) is -2.28. The van der Waals surface area contributed by atoms with E-state index in [0.29, 0.717) is 12.1 Å². The van der Waals surface area contributed by atoms with Gasteiger partial charge in [-0.1, -0.05) is 30.3 Å². The zero-order chi connectivity index (χ0) is 24.0. The summed E-state index contributed by atoms with van der Waals surface area (Å²) in [6.45, 7) is 2.00. The van der Waals surface area contributed by atoms with Crippen LogP contribution in [0.5, 0.6) is 0 Å². The first kappa shape index (κ1) is 23.5. The molecule has 10 heteroatoms. The van der Waals surface area contributed by atoms with Crippen LogP contribution in [0.1, 0.15) is 39.6 Å². The lowest BCUT2D eigenvalue weighted by molar-refractivity contribution is -0.121. The van der Waals surface area contributed by atoms with Crippen LogP contribution >= 0.6 is 0 Å². The summed E-state index contributed by atoms with van der Waals surface area (Å²) in [5.41, 5.74) is 1.77. The normalized spacial score (nSPS) is 13.5. The molecule has 0 saturated heterocycles. The molecule has 1 aliphatic heterocycles. The minimum Gasteiger partial charge on any atom is -0.465 e. The van der Waals surface area contributed by atoms with Crippen LogP contribution in [0.4, 0.5) is 11.4 Å². The Kier molecular flexibility index (Phi) is 7.39. The molecule has 33 heavy (non-hydrogen) atoms. The van der Waals surface area contributed by atoms with Gasteiger partial charge in [0.25, 0.3) is 11.8 Å². The molecule has 0 bridgehead atoms. The van der Waals surface area contributed by atoms with Gasteiger partial charge in [-0.2, -0.15) is 0 Å². The van der Waals surface area contributed by atoms with Gasteiger partial charge in [-0.15, -0.1) is 0 Å². The topological polar surface area (TPSA) is 124 Å². The Morgan fingerprint density at radius 3 is 2.24 bits per heavy atom. The second kappa shape index (κ2) is 10.4. The minimum absolute atomic E-state index is 0.0565. The predicted octanol–water partition coefficient (Wildman–Crippen LogP) is 2.38. The van der Waals surface area contributed by atoms with E-state index in [2.05, 4.69) is 19.9 Å². The molecule has 0 radical (unpaired) electrons. The Bertz CT molecular complexity index is 1090. The van der Waals surface area contributed by atoms with Crippen molar-refractivity contribution in [1.29, 1.82) is 0 Å². The van der Waals surface area contributed by atoms with Crippen LogP contribution in [0.2, 0.25) is 0 Å². The maximum Gasteiger partial charge on any atom is 0.337 e. The van der Waals surface area contributed by atoms with Crippen LogP contribution in [-0.4, -0.2) is 56.8 Å². The second-order valence-corrected chi connectivity index (χ2v) is 7.02. The van der Waals surface area contributed by atoms with Gasteiger partial charge in [0.15, 0.2) is 12.3 Å². The number of nitrogens with one attached hydrogen (secondary N) is 1. The van der Waals surface area contributed by atoms with Crippen LogP contribution in [0.15, 0.2) is 47.6 Å². The summed E-state index contributed by atoms with van der Waals surface area (Å²) in [6.07, 6.45) is 0.773. The van der Waals surface area contributed by atoms with E-state index in [1.165, 1.54) is 32.4 Å². The first-order valence-electron chi connectivity index (χ1n) is 10.1. The number of hydrogen-bond donors (Lipinski definition) is 1. The van der Waals surface area contributed by atoms with Crippen LogP contribution in [0.3, 0.4) is 0 Å². The van der Waals surface area contributed by atoms with Crippen molar-refractivity contribution >= 4 is 40.8 Å². The van der Waals surface area contributed by atoms with Gasteiger partial charge in [-0.3, -0.25) is 9.59 Å². The molecule has 0 aliphatic carbocycles. The van der Waals surface area contributed by atoms with E-state index in [1.54, 1.807) is 17.0 Å². The summed E-state index contributed by atoms with van der Waals surface area (Å²) in [6, 6.07) is 11.2. The van der Waals surface area contributed by atoms with E-state index < -0.39 is 24.5 Å². The molecule has 2 aromatic carbocycles. The first-order chi connectivity index (χ1) is 15.9. The zero-order valence-corrected chi connectivity index (χ0v) is 18.4. The monoisotopic (exact) mass is 453 g/mol. The average Bonchev–Trinajstić information content (AvgIpc) is 3.09. The number of oxime groups is 1. The fraction of sp³-hybridized carbons (Fsp3) is 0.261. The van der Waals surface area contributed by atoms with Crippen molar-refractivity contribution in [2.24, 2.45) is 5.16 Å². The number of methoxy groups -OCH3 is 2. The molecular weight excluding hydrogens is 430 g/mol. The number of ether oxygens (including phenoxy) is 2. The maximum absolute atomic E-state index is 12.7. The summed E-state index contributed by atoms with van der Waals surface area (Å²) in [5, 5.41) is 6.42. The lowest BCUT2D eigenvalue weighted by atomic mass is 10.1. The highest BCUT2D eigenvalue weighted by atomic mass is 16.6. The zero-order valence-electron chi connectivity index (χ0n) is 18.4. The Morgan fingerprint density at radius 2 is 1.64 bits per heavy atom. The fourth-order valence-electron chi connectivity index (χ4n) is 3.32. The highest BCUT2D eigenvalue weighted by molar-refractivity contribution is 6.54. The molecule has 0 atom stereocenters. The third kappa shape index (κ3) is 5.17. The Hall–Kier alpha value is -4.21. The predicted molar refractivity (Wildman–Crippen MR) is 119 cm³/mol. The molecule has 0 spiro atoms. The van der Waals surface area contributed by atoms with Gasteiger partial charge >= 0.3 is 11.9 Å². The Balaban J connectivity index is 1.72. The summed E-state index contributed by atoms with van der Waals surface area (Å²) >= 11 is 0. The highest BCUT2D eigenvalue weighted by Crippen LogP contribution is 2.29. The lowest BCUT2D eigenvalue weighted by Crippen LogP contribution is -2.31. The molecule has 0 unspecified atom stereocenters. The fourth-order valence-corrected chi connectivity index (χ4v) is 3.32. The summed E-state index contributed by atoms with van der Waals surface area (Å²) < 4.78 is 9.34. The molecule has 0 saturated carbocycles. The Morgan fingerprint density at radius 1 is 1.00 bits per heavy atom. The molecule has 172 valence electrons. The molecule has 0 fully saturated rings. The van der Waals surface area contributed by atoms with Crippen LogP contribution in [0, 0.1) is 0 Å². The summed E-state index contributed by atoms with van der Waals surface area (Å²) in [4.78, 5) is 55.6. The lowest BCUT2D eigenvalue weighted by Gasteiger charge is -2.14. The van der Waals surface area contributed by atoms with E-state index in [4.69, 9.17) is 4.84 Å². The van der Waals surface area contributed by atoms with E-state index in [1.807, 2.05) is 19.1 Å².